The normalized spacial score (nSPS) is 20.3. The highest BCUT2D eigenvalue weighted by Gasteiger charge is 2.32. The van der Waals surface area contributed by atoms with E-state index in [0.29, 0.717) is 13.1 Å². The van der Waals surface area contributed by atoms with Gasteiger partial charge in [0.05, 0.1) is 16.4 Å². The molecule has 0 amide bonds. The smallest absolute Gasteiger partial charge is 0.345 e. The summed E-state index contributed by atoms with van der Waals surface area (Å²) in [6, 6.07) is 5.97. The first kappa shape index (κ1) is 21.3. The molecule has 1 aromatic heterocycles. The zero-order valence-electron chi connectivity index (χ0n) is 16.1. The molecule has 2 aromatic rings. The first-order chi connectivity index (χ1) is 13.7. The van der Waals surface area contributed by atoms with E-state index in [4.69, 9.17) is 0 Å². The number of Topliss-reactive ketones (excluding diaryl/α,β-unsaturated/α-hetero) is 1. The van der Waals surface area contributed by atoms with Crippen LogP contribution in [0.2, 0.25) is 0 Å². The van der Waals surface area contributed by atoms with Crippen molar-refractivity contribution in [3.63, 3.8) is 0 Å². The molecule has 11 heteroatoms. The van der Waals surface area contributed by atoms with Crippen molar-refractivity contribution in [2.75, 3.05) is 25.0 Å². The molecule has 0 saturated carbocycles. The van der Waals surface area contributed by atoms with Crippen molar-refractivity contribution >= 4 is 37.3 Å². The molecular formula is C18H22N4O5S2. The number of rotatable bonds is 7. The summed E-state index contributed by atoms with van der Waals surface area (Å²) in [4.78, 5) is 26.6. The first-order valence-electron chi connectivity index (χ1n) is 9.14. The zero-order chi connectivity index (χ0) is 21.2. The summed E-state index contributed by atoms with van der Waals surface area (Å²) < 4.78 is 27.5. The Hall–Kier alpha value is -2.37. The third-order valence-corrected chi connectivity index (χ3v) is 7.44. The van der Waals surface area contributed by atoms with E-state index in [9.17, 15) is 23.3 Å². The Morgan fingerprint density at radius 1 is 1.34 bits per heavy atom. The summed E-state index contributed by atoms with van der Waals surface area (Å²) >= 11 is 0.829. The number of nitrogens with one attached hydrogen (secondary N) is 1. The molecule has 2 atom stereocenters. The molecule has 0 aliphatic carbocycles. The van der Waals surface area contributed by atoms with Gasteiger partial charge in [0.2, 0.25) is 10.0 Å². The van der Waals surface area contributed by atoms with Crippen molar-refractivity contribution in [2.24, 2.45) is 11.8 Å². The van der Waals surface area contributed by atoms with E-state index in [-0.39, 0.29) is 44.8 Å². The van der Waals surface area contributed by atoms with Gasteiger partial charge < -0.3 is 5.32 Å². The molecule has 29 heavy (non-hydrogen) atoms. The van der Waals surface area contributed by atoms with Gasteiger partial charge in [-0.15, -0.1) is 0 Å². The number of carbonyl (C=O) groups excluding carboxylic acids is 1. The molecule has 2 heterocycles. The van der Waals surface area contributed by atoms with E-state index in [1.165, 1.54) is 16.4 Å². The third-order valence-electron chi connectivity index (χ3n) is 4.70. The van der Waals surface area contributed by atoms with Crippen LogP contribution in [0.25, 0.3) is 0 Å². The number of thiazole rings is 1. The fourth-order valence-electron chi connectivity index (χ4n) is 3.47. The number of hydrogen-bond donors (Lipinski definition) is 1. The molecule has 2 unspecified atom stereocenters. The number of carbonyl (C=O) groups is 1. The van der Waals surface area contributed by atoms with Crippen molar-refractivity contribution in [2.45, 2.75) is 25.2 Å². The maximum atomic E-state index is 13.0. The Labute approximate surface area is 173 Å². The lowest BCUT2D eigenvalue weighted by Crippen LogP contribution is -2.42. The minimum atomic E-state index is -3.68. The second-order valence-corrected chi connectivity index (χ2v) is 10.3. The lowest BCUT2D eigenvalue weighted by Gasteiger charge is -2.34. The number of benzene rings is 1. The van der Waals surface area contributed by atoms with Crippen molar-refractivity contribution in [3.8, 4) is 0 Å². The van der Waals surface area contributed by atoms with E-state index in [1.54, 1.807) is 12.1 Å². The highest BCUT2D eigenvalue weighted by Crippen LogP contribution is 2.27. The number of anilines is 1. The summed E-state index contributed by atoms with van der Waals surface area (Å²) in [5, 5.41) is 13.6. The van der Waals surface area contributed by atoms with E-state index in [1.807, 2.05) is 13.8 Å². The molecule has 0 radical (unpaired) electrons. The molecule has 1 aromatic carbocycles. The van der Waals surface area contributed by atoms with Crippen molar-refractivity contribution in [1.82, 2.24) is 9.29 Å². The van der Waals surface area contributed by atoms with Gasteiger partial charge in [-0.3, -0.25) is 14.9 Å². The molecule has 1 aliphatic rings. The average Bonchev–Trinajstić information content (AvgIpc) is 3.15. The van der Waals surface area contributed by atoms with Gasteiger partial charge in [0.25, 0.3) is 0 Å². The number of piperidine rings is 1. The topological polar surface area (TPSA) is 123 Å². The predicted octanol–water partition coefficient (Wildman–Crippen LogP) is 3.01. The number of aromatic nitrogens is 1. The van der Waals surface area contributed by atoms with Crippen LogP contribution in [-0.4, -0.2) is 48.0 Å². The Bertz CT molecular complexity index is 1010. The lowest BCUT2D eigenvalue weighted by atomic mass is 9.94. The van der Waals surface area contributed by atoms with Crippen LogP contribution in [0.3, 0.4) is 0 Å². The summed E-state index contributed by atoms with van der Waals surface area (Å²) in [6.07, 6.45) is 2.11. The van der Waals surface area contributed by atoms with Gasteiger partial charge in [-0.25, -0.2) is 13.4 Å². The van der Waals surface area contributed by atoms with Gasteiger partial charge in [0.1, 0.15) is 6.20 Å². The number of hydrogen-bond acceptors (Lipinski definition) is 8. The minimum Gasteiger partial charge on any atom is -0.354 e. The third kappa shape index (κ3) is 4.98. The fourth-order valence-corrected chi connectivity index (χ4v) is 5.82. The SMILES string of the molecule is CC1CC(C)CN(S(=O)(=O)c2cccc(C(=O)CNc3ncc([N+](=O)[O-])s3)c2)C1. The molecule has 1 N–H and O–H groups in total. The van der Waals surface area contributed by atoms with Crippen LogP contribution in [0, 0.1) is 22.0 Å². The van der Waals surface area contributed by atoms with Crippen LogP contribution < -0.4 is 5.32 Å². The quantitative estimate of drug-likeness (QED) is 0.400. The van der Waals surface area contributed by atoms with E-state index >= 15 is 0 Å². The first-order valence-corrected chi connectivity index (χ1v) is 11.4. The Morgan fingerprint density at radius 3 is 2.66 bits per heavy atom. The number of nitrogens with zero attached hydrogens (tertiary/aromatic N) is 3. The van der Waals surface area contributed by atoms with Crippen LogP contribution in [0.1, 0.15) is 30.6 Å². The van der Waals surface area contributed by atoms with Gasteiger partial charge in [-0.2, -0.15) is 4.31 Å². The number of nitro groups is 1. The maximum Gasteiger partial charge on any atom is 0.345 e. The monoisotopic (exact) mass is 438 g/mol. The standard InChI is InChI=1S/C18H22N4O5S2/c1-12-6-13(2)11-21(10-12)29(26,27)15-5-3-4-14(7-15)16(23)8-19-18-20-9-17(28-18)22(24)25/h3-5,7,9,12-13H,6,8,10-11H2,1-2H3,(H,19,20). The maximum absolute atomic E-state index is 13.0. The molecule has 1 saturated heterocycles. The van der Waals surface area contributed by atoms with Crippen LogP contribution in [0.5, 0.6) is 0 Å². The van der Waals surface area contributed by atoms with E-state index in [2.05, 4.69) is 10.3 Å². The van der Waals surface area contributed by atoms with E-state index < -0.39 is 14.9 Å². The molecule has 1 fully saturated rings. The summed E-state index contributed by atoms with van der Waals surface area (Å²) in [6.45, 7) is 4.86. The highest BCUT2D eigenvalue weighted by atomic mass is 32.2. The Morgan fingerprint density at radius 2 is 2.03 bits per heavy atom. The van der Waals surface area contributed by atoms with Gasteiger partial charge in [0.15, 0.2) is 10.9 Å². The number of sulfonamides is 1. The summed E-state index contributed by atoms with van der Waals surface area (Å²) in [5.74, 6) is 0.232. The summed E-state index contributed by atoms with van der Waals surface area (Å²) in [5.41, 5.74) is 0.253. The lowest BCUT2D eigenvalue weighted by molar-refractivity contribution is -0.380. The van der Waals surface area contributed by atoms with Crippen LogP contribution in [0.4, 0.5) is 10.1 Å². The molecule has 0 bridgehead atoms. The van der Waals surface area contributed by atoms with Crippen molar-refractivity contribution < 1.29 is 18.1 Å². The molecule has 1 aliphatic heterocycles. The van der Waals surface area contributed by atoms with Gasteiger partial charge in [-0.05, 0) is 41.7 Å². The fraction of sp³-hybridized carbons (Fsp3) is 0.444. The van der Waals surface area contributed by atoms with E-state index in [0.717, 1.165) is 24.0 Å². The van der Waals surface area contributed by atoms with Crippen molar-refractivity contribution in [1.29, 1.82) is 0 Å². The zero-order valence-corrected chi connectivity index (χ0v) is 17.7. The highest BCUT2D eigenvalue weighted by molar-refractivity contribution is 7.89. The average molecular weight is 439 g/mol. The Kier molecular flexibility index (Phi) is 6.30. The van der Waals surface area contributed by atoms with Crippen LogP contribution >= 0.6 is 11.3 Å². The molecule has 3 rings (SSSR count). The largest absolute Gasteiger partial charge is 0.354 e. The van der Waals surface area contributed by atoms with Crippen molar-refractivity contribution in [3.05, 3.63) is 46.1 Å². The van der Waals surface area contributed by atoms with Crippen LogP contribution in [0.15, 0.2) is 35.4 Å². The predicted molar refractivity (Wildman–Crippen MR) is 110 cm³/mol. The van der Waals surface area contributed by atoms with Gasteiger partial charge in [-0.1, -0.05) is 26.0 Å². The number of ketones is 1. The molecule has 156 valence electrons. The second kappa shape index (κ2) is 8.56. The Balaban J connectivity index is 1.72. The van der Waals surface area contributed by atoms with Gasteiger partial charge in [0, 0.05) is 18.7 Å². The minimum absolute atomic E-state index is 0.0922. The molecule has 9 nitrogen and oxygen atoms in total. The van der Waals surface area contributed by atoms with Crippen LogP contribution in [-0.2, 0) is 10.0 Å². The molecular weight excluding hydrogens is 416 g/mol. The summed E-state index contributed by atoms with van der Waals surface area (Å²) in [7, 11) is -3.68. The second-order valence-electron chi connectivity index (χ2n) is 7.33. The molecule has 0 spiro atoms. The van der Waals surface area contributed by atoms with Gasteiger partial charge >= 0.3 is 5.00 Å².